The molecule has 0 amide bonds. The molecule has 0 spiro atoms. The minimum atomic E-state index is -3.59. The Morgan fingerprint density at radius 1 is 0.955 bits per heavy atom. The minimum Gasteiger partial charge on any atom is -0.494 e. The monoisotopic (exact) mass is 644 g/mol. The van der Waals surface area contributed by atoms with Crippen molar-refractivity contribution in [2.75, 3.05) is 87.0 Å². The fourth-order valence-electron chi connectivity index (χ4n) is 5.80. The number of ether oxygens (including phenoxy) is 2. The molecule has 1 aromatic heterocycles. The molecule has 0 bridgehead atoms. The third-order valence-electron chi connectivity index (χ3n) is 8.15. The summed E-state index contributed by atoms with van der Waals surface area (Å²) in [7, 11) is 1.72. The van der Waals surface area contributed by atoms with E-state index in [1.807, 2.05) is 6.07 Å². The van der Waals surface area contributed by atoms with Crippen LogP contribution in [-0.2, 0) is 10.0 Å². The molecule has 14 heteroatoms. The second kappa shape index (κ2) is 13.6. The van der Waals surface area contributed by atoms with Crippen molar-refractivity contribution >= 4 is 56.1 Å². The third-order valence-corrected chi connectivity index (χ3v) is 9.01. The molecule has 0 aliphatic carbocycles. The Hall–Kier alpha value is -3.52. The van der Waals surface area contributed by atoms with Gasteiger partial charge in [-0.1, -0.05) is 17.7 Å². The van der Waals surface area contributed by atoms with Crippen LogP contribution in [0, 0.1) is 6.92 Å². The molecule has 0 unspecified atom stereocenters. The molecule has 238 valence electrons. The van der Waals surface area contributed by atoms with Crippen molar-refractivity contribution in [3.63, 3.8) is 0 Å². The van der Waals surface area contributed by atoms with Crippen LogP contribution >= 0.6 is 11.6 Å². The van der Waals surface area contributed by atoms with E-state index < -0.39 is 10.0 Å². The minimum absolute atomic E-state index is 0.238. The second-order valence-electron chi connectivity index (χ2n) is 11.3. The molecule has 12 nitrogen and oxygen atoms in total. The summed E-state index contributed by atoms with van der Waals surface area (Å²) in [5.41, 5.74) is 3.65. The Morgan fingerprint density at radius 2 is 1.66 bits per heavy atom. The van der Waals surface area contributed by atoms with Crippen molar-refractivity contribution in [3.8, 4) is 11.5 Å². The smallest absolute Gasteiger partial charge is 0.230 e. The van der Waals surface area contributed by atoms with Crippen LogP contribution in [0.3, 0.4) is 0 Å². The largest absolute Gasteiger partial charge is 0.494 e. The van der Waals surface area contributed by atoms with Gasteiger partial charge in [0.05, 0.1) is 38.0 Å². The van der Waals surface area contributed by atoms with Gasteiger partial charge in [0.15, 0.2) is 5.82 Å². The zero-order chi connectivity index (χ0) is 31.4. The summed E-state index contributed by atoms with van der Waals surface area (Å²) in [5.74, 6) is 1.58. The lowest BCUT2D eigenvalue weighted by molar-refractivity contribution is 0.0982. The molecular weight excluding hydrogens is 604 g/mol. The number of benzene rings is 2. The van der Waals surface area contributed by atoms with E-state index in [9.17, 15) is 8.42 Å². The van der Waals surface area contributed by atoms with E-state index in [1.165, 1.54) is 13.3 Å². The quantitative estimate of drug-likeness (QED) is 0.288. The highest BCUT2D eigenvalue weighted by molar-refractivity contribution is 7.92. The summed E-state index contributed by atoms with van der Waals surface area (Å²) in [6.07, 6.45) is 4.84. The summed E-state index contributed by atoms with van der Waals surface area (Å²) >= 11 is 6.44. The van der Waals surface area contributed by atoms with Gasteiger partial charge < -0.3 is 29.9 Å². The molecule has 2 aromatic carbocycles. The van der Waals surface area contributed by atoms with Gasteiger partial charge in [-0.3, -0.25) is 9.62 Å². The number of piperidine rings is 1. The second-order valence-corrected chi connectivity index (χ2v) is 13.4. The normalized spacial score (nSPS) is 16.9. The molecule has 0 saturated carbocycles. The lowest BCUT2D eigenvalue weighted by Crippen LogP contribution is -2.52. The molecule has 44 heavy (non-hydrogen) atoms. The summed E-state index contributed by atoms with van der Waals surface area (Å²) < 4.78 is 37.7. The number of hydrogen-bond acceptors (Lipinski definition) is 11. The summed E-state index contributed by atoms with van der Waals surface area (Å²) in [5, 5.41) is 6.63. The van der Waals surface area contributed by atoms with E-state index in [2.05, 4.69) is 60.1 Å². The van der Waals surface area contributed by atoms with E-state index in [4.69, 9.17) is 21.1 Å². The van der Waals surface area contributed by atoms with Crippen molar-refractivity contribution in [3.05, 3.63) is 47.1 Å². The number of hydrogen-bond donors (Lipinski definition) is 3. The number of aryl methyl sites for hydroxylation is 1. The van der Waals surface area contributed by atoms with Crippen molar-refractivity contribution in [1.82, 2.24) is 19.8 Å². The highest BCUT2D eigenvalue weighted by atomic mass is 35.5. The van der Waals surface area contributed by atoms with Crippen molar-refractivity contribution in [2.24, 2.45) is 0 Å². The maximum atomic E-state index is 12.0. The average molecular weight is 645 g/mol. The van der Waals surface area contributed by atoms with Gasteiger partial charge in [-0.25, -0.2) is 13.4 Å². The number of nitrogens with one attached hydrogen (secondary N) is 3. The third kappa shape index (κ3) is 7.57. The van der Waals surface area contributed by atoms with Gasteiger partial charge in [0.2, 0.25) is 16.0 Å². The molecule has 2 aliphatic heterocycles. The molecule has 2 aliphatic rings. The van der Waals surface area contributed by atoms with Crippen LogP contribution in [0.5, 0.6) is 11.5 Å². The SMILES string of the molecule is COc1cc(N2CCC(N3CCN(C)CC3)CC2)c(C)cc1Nc1ncc(Cl)c(Nc2cccc(OC)c2NS(C)(=O)=O)n1. The number of anilines is 6. The van der Waals surface area contributed by atoms with Crippen LogP contribution in [0.4, 0.5) is 34.5 Å². The van der Waals surface area contributed by atoms with Crippen LogP contribution in [-0.4, -0.2) is 101 Å². The fraction of sp³-hybridized carbons (Fsp3) is 0.467. The summed E-state index contributed by atoms with van der Waals surface area (Å²) in [4.78, 5) is 16.4. The van der Waals surface area contributed by atoms with Crippen LogP contribution < -0.4 is 29.7 Å². The number of rotatable bonds is 10. The van der Waals surface area contributed by atoms with Gasteiger partial charge in [0.1, 0.15) is 22.2 Å². The van der Waals surface area contributed by atoms with Gasteiger partial charge in [0.25, 0.3) is 0 Å². The zero-order valence-corrected chi connectivity index (χ0v) is 27.4. The molecule has 0 radical (unpaired) electrons. The molecule has 3 heterocycles. The first-order valence-electron chi connectivity index (χ1n) is 14.6. The Morgan fingerprint density at radius 3 is 2.32 bits per heavy atom. The average Bonchev–Trinajstić information content (AvgIpc) is 2.99. The maximum absolute atomic E-state index is 12.0. The number of para-hydroxylation sites is 1. The number of aromatic nitrogens is 2. The van der Waals surface area contributed by atoms with Gasteiger partial charge in [0, 0.05) is 57.1 Å². The van der Waals surface area contributed by atoms with Gasteiger partial charge in [-0.05, 0) is 50.6 Å². The molecule has 3 aromatic rings. The standard InChI is InChI=1S/C30H41ClN8O4S/c1-20-17-24(27(43-4)18-25(20)39-11-9-21(10-12-39)38-15-13-37(2)14-16-38)34-30-32-19-22(31)29(35-30)33-23-7-6-8-26(42-3)28(23)36-44(5,40)41/h6-8,17-19,21,36H,9-16H2,1-5H3,(H2,32,33,34,35). The lowest BCUT2D eigenvalue weighted by Gasteiger charge is -2.43. The first-order valence-corrected chi connectivity index (χ1v) is 16.9. The molecule has 5 rings (SSSR count). The van der Waals surface area contributed by atoms with E-state index in [1.54, 1.807) is 25.3 Å². The van der Waals surface area contributed by atoms with E-state index in [0.29, 0.717) is 23.2 Å². The van der Waals surface area contributed by atoms with Crippen molar-refractivity contribution in [2.45, 2.75) is 25.8 Å². The van der Waals surface area contributed by atoms with E-state index >= 15 is 0 Å². The predicted octanol–water partition coefficient (Wildman–Crippen LogP) is 4.53. The van der Waals surface area contributed by atoms with Crippen LogP contribution in [0.25, 0.3) is 0 Å². The summed E-state index contributed by atoms with van der Waals surface area (Å²) in [6, 6.07) is 9.84. The van der Waals surface area contributed by atoms with Crippen molar-refractivity contribution < 1.29 is 17.9 Å². The van der Waals surface area contributed by atoms with Crippen LogP contribution in [0.15, 0.2) is 36.5 Å². The van der Waals surface area contributed by atoms with Gasteiger partial charge >= 0.3 is 0 Å². The first kappa shape index (κ1) is 31.9. The van der Waals surface area contributed by atoms with E-state index in [-0.39, 0.29) is 22.5 Å². The molecular formula is C30H41ClN8O4S. The predicted molar refractivity (Wildman–Crippen MR) is 177 cm³/mol. The number of likely N-dealkylation sites (N-methyl/N-ethyl adjacent to an activating group) is 1. The molecule has 0 atom stereocenters. The zero-order valence-electron chi connectivity index (χ0n) is 25.9. The molecule has 2 fully saturated rings. The Kier molecular flexibility index (Phi) is 9.88. The fourth-order valence-corrected chi connectivity index (χ4v) is 6.52. The number of sulfonamides is 1. The van der Waals surface area contributed by atoms with Gasteiger partial charge in [-0.2, -0.15) is 4.98 Å². The molecule has 2 saturated heterocycles. The maximum Gasteiger partial charge on any atom is 0.230 e. The number of piperazine rings is 1. The number of methoxy groups -OCH3 is 2. The highest BCUT2D eigenvalue weighted by Crippen LogP contribution is 2.38. The summed E-state index contributed by atoms with van der Waals surface area (Å²) in [6.45, 7) is 8.69. The Bertz CT molecular complexity index is 1580. The highest BCUT2D eigenvalue weighted by Gasteiger charge is 2.28. The number of halogens is 1. The lowest BCUT2D eigenvalue weighted by atomic mass is 10.0. The first-order chi connectivity index (χ1) is 21.0. The molecule has 3 N–H and O–H groups in total. The Labute approximate surface area is 264 Å². The Balaban J connectivity index is 1.32. The van der Waals surface area contributed by atoms with Gasteiger partial charge in [-0.15, -0.1) is 0 Å². The van der Waals surface area contributed by atoms with Crippen LogP contribution in [0.1, 0.15) is 18.4 Å². The van der Waals surface area contributed by atoms with Crippen molar-refractivity contribution in [1.29, 1.82) is 0 Å². The van der Waals surface area contributed by atoms with Crippen LogP contribution in [0.2, 0.25) is 5.02 Å². The number of nitrogens with zero attached hydrogens (tertiary/aromatic N) is 5. The topological polar surface area (TPSA) is 124 Å². The van der Waals surface area contributed by atoms with E-state index in [0.717, 1.165) is 75.3 Å².